The molecule has 6 heteroatoms. The van der Waals surface area contributed by atoms with Crippen molar-refractivity contribution in [3.05, 3.63) is 27.5 Å². The van der Waals surface area contributed by atoms with Crippen LogP contribution in [0.1, 0.15) is 23.1 Å². The van der Waals surface area contributed by atoms with Crippen LogP contribution in [0.3, 0.4) is 0 Å². The molecule has 0 aliphatic heterocycles. The summed E-state index contributed by atoms with van der Waals surface area (Å²) < 4.78 is 25.7. The molecule has 1 aromatic rings. The van der Waals surface area contributed by atoms with Crippen LogP contribution in [-0.4, -0.2) is 4.98 Å². The summed E-state index contributed by atoms with van der Waals surface area (Å²) in [6.07, 6.45) is -1.54. The monoisotopic (exact) mass is 338 g/mol. The fraction of sp³-hybridized carbons (Fsp3) is 0.333. The Morgan fingerprint density at radius 2 is 2.13 bits per heavy atom. The second-order valence-electron chi connectivity index (χ2n) is 2.73. The first kappa shape index (κ1) is 12.5. The third kappa shape index (κ3) is 2.73. The molecule has 0 aliphatic rings. The van der Waals surface area contributed by atoms with Crippen molar-refractivity contribution in [3.8, 4) is 6.07 Å². The molecule has 80 valence electrons. The maximum Gasteiger partial charge on any atom is 0.265 e. The molecular formula is C9H6Br2F2N2. The van der Waals surface area contributed by atoms with Crippen LogP contribution >= 0.6 is 31.9 Å². The van der Waals surface area contributed by atoms with Gasteiger partial charge in [0.2, 0.25) is 0 Å². The van der Waals surface area contributed by atoms with E-state index in [0.717, 1.165) is 6.20 Å². The summed E-state index contributed by atoms with van der Waals surface area (Å²) in [4.78, 5) is 3.81. The van der Waals surface area contributed by atoms with Gasteiger partial charge in [0.1, 0.15) is 4.60 Å². The van der Waals surface area contributed by atoms with E-state index in [0.29, 0.717) is 21.1 Å². The zero-order valence-corrected chi connectivity index (χ0v) is 10.6. The minimum atomic E-state index is -2.60. The number of nitrogens with zero attached hydrogens (tertiary/aromatic N) is 2. The zero-order valence-electron chi connectivity index (χ0n) is 7.48. The standard InChI is InChI=1S/C9H6Br2F2N2/c10-3-6-5(1-2-14)7(9(12)13)4-15-8(6)11/h4,9H,1,3H2. The van der Waals surface area contributed by atoms with Crippen LogP contribution in [0.15, 0.2) is 10.8 Å². The Morgan fingerprint density at radius 3 is 2.60 bits per heavy atom. The van der Waals surface area contributed by atoms with Crippen molar-refractivity contribution in [1.82, 2.24) is 4.98 Å². The molecule has 0 saturated carbocycles. The smallest absolute Gasteiger partial charge is 0.249 e. The van der Waals surface area contributed by atoms with E-state index in [1.54, 1.807) is 0 Å². The molecule has 1 rings (SSSR count). The van der Waals surface area contributed by atoms with Crippen LogP contribution in [0.2, 0.25) is 0 Å². The average Bonchev–Trinajstić information content (AvgIpc) is 2.18. The molecule has 2 nitrogen and oxygen atoms in total. The van der Waals surface area contributed by atoms with Gasteiger partial charge in [-0.25, -0.2) is 13.8 Å². The summed E-state index contributed by atoms with van der Waals surface area (Å²) in [6.45, 7) is 0. The number of hydrogen-bond acceptors (Lipinski definition) is 2. The first-order valence-electron chi connectivity index (χ1n) is 3.99. The van der Waals surface area contributed by atoms with E-state index in [1.807, 2.05) is 6.07 Å². The second-order valence-corrected chi connectivity index (χ2v) is 4.04. The van der Waals surface area contributed by atoms with Gasteiger partial charge in [-0.05, 0) is 21.5 Å². The molecule has 0 radical (unpaired) electrons. The quantitative estimate of drug-likeness (QED) is 0.621. The lowest BCUT2D eigenvalue weighted by Crippen LogP contribution is -2.02. The molecule has 1 heterocycles. The summed E-state index contributed by atoms with van der Waals surface area (Å²) in [5.74, 6) is 0. The summed E-state index contributed by atoms with van der Waals surface area (Å²) >= 11 is 6.35. The second kappa shape index (κ2) is 5.52. The van der Waals surface area contributed by atoms with Crippen molar-refractivity contribution in [2.24, 2.45) is 0 Å². The molecule has 0 bridgehead atoms. The predicted molar refractivity (Wildman–Crippen MR) is 58.8 cm³/mol. The third-order valence-electron chi connectivity index (χ3n) is 1.90. The fourth-order valence-corrected chi connectivity index (χ4v) is 2.65. The van der Waals surface area contributed by atoms with Gasteiger partial charge in [-0.2, -0.15) is 5.26 Å². The van der Waals surface area contributed by atoms with E-state index in [2.05, 4.69) is 36.8 Å². The highest BCUT2D eigenvalue weighted by atomic mass is 79.9. The van der Waals surface area contributed by atoms with Gasteiger partial charge in [0.25, 0.3) is 6.43 Å². The number of alkyl halides is 3. The van der Waals surface area contributed by atoms with Gasteiger partial charge in [0.15, 0.2) is 0 Å². The zero-order chi connectivity index (χ0) is 11.4. The van der Waals surface area contributed by atoms with Crippen molar-refractivity contribution in [3.63, 3.8) is 0 Å². The summed E-state index contributed by atoms with van der Waals surface area (Å²) in [5, 5.41) is 8.98. The number of aromatic nitrogens is 1. The Labute approximate surface area is 103 Å². The Bertz CT molecular complexity index is 402. The molecule has 0 fully saturated rings. The molecule has 0 aliphatic carbocycles. The predicted octanol–water partition coefficient (Wildman–Crippen LogP) is 3.74. The lowest BCUT2D eigenvalue weighted by atomic mass is 10.0. The molecule has 1 aromatic heterocycles. The molecule has 15 heavy (non-hydrogen) atoms. The van der Waals surface area contributed by atoms with Crippen LogP contribution < -0.4 is 0 Å². The number of pyridine rings is 1. The normalized spacial score (nSPS) is 10.4. The van der Waals surface area contributed by atoms with E-state index in [1.165, 1.54) is 0 Å². The SMILES string of the molecule is N#CCc1c(C(F)F)cnc(Br)c1CBr. The van der Waals surface area contributed by atoms with Gasteiger partial charge in [0.05, 0.1) is 12.5 Å². The van der Waals surface area contributed by atoms with Crippen molar-refractivity contribution < 1.29 is 8.78 Å². The van der Waals surface area contributed by atoms with Crippen LogP contribution in [0.5, 0.6) is 0 Å². The average molecular weight is 340 g/mol. The molecule has 0 amide bonds. The van der Waals surface area contributed by atoms with Crippen molar-refractivity contribution >= 4 is 31.9 Å². The van der Waals surface area contributed by atoms with Gasteiger partial charge < -0.3 is 0 Å². The highest BCUT2D eigenvalue weighted by Crippen LogP contribution is 2.30. The fourth-order valence-electron chi connectivity index (χ4n) is 1.19. The van der Waals surface area contributed by atoms with Gasteiger partial charge in [-0.3, -0.25) is 0 Å². The summed E-state index contributed by atoms with van der Waals surface area (Å²) in [6, 6.07) is 1.88. The highest BCUT2D eigenvalue weighted by molar-refractivity contribution is 9.10. The molecule has 0 unspecified atom stereocenters. The van der Waals surface area contributed by atoms with Crippen molar-refractivity contribution in [2.75, 3.05) is 0 Å². The largest absolute Gasteiger partial charge is 0.265 e. The molecule has 0 spiro atoms. The molecule has 0 atom stereocenters. The van der Waals surface area contributed by atoms with E-state index in [9.17, 15) is 8.78 Å². The minimum absolute atomic E-state index is 0.0400. The van der Waals surface area contributed by atoms with Gasteiger partial charge in [0, 0.05) is 22.7 Å². The van der Waals surface area contributed by atoms with Crippen LogP contribution in [0.25, 0.3) is 0 Å². The highest BCUT2D eigenvalue weighted by Gasteiger charge is 2.18. The number of halogens is 4. The first-order valence-corrected chi connectivity index (χ1v) is 5.90. The maximum absolute atomic E-state index is 12.6. The Kier molecular flexibility index (Phi) is 4.61. The lowest BCUT2D eigenvalue weighted by Gasteiger charge is -2.11. The van der Waals surface area contributed by atoms with Crippen LogP contribution in [0, 0.1) is 11.3 Å². The van der Waals surface area contributed by atoms with E-state index in [-0.39, 0.29) is 12.0 Å². The maximum atomic E-state index is 12.6. The van der Waals surface area contributed by atoms with Crippen LogP contribution in [-0.2, 0) is 11.8 Å². The molecule has 0 aromatic carbocycles. The Hall–Kier alpha value is -0.540. The summed E-state index contributed by atoms with van der Waals surface area (Å²) in [5.41, 5.74) is 0.787. The van der Waals surface area contributed by atoms with Gasteiger partial charge >= 0.3 is 0 Å². The lowest BCUT2D eigenvalue weighted by molar-refractivity contribution is 0.150. The molecule has 0 N–H and O–H groups in total. The molecular weight excluding hydrogens is 334 g/mol. The van der Waals surface area contributed by atoms with Gasteiger partial charge in [-0.15, -0.1) is 0 Å². The van der Waals surface area contributed by atoms with Crippen molar-refractivity contribution in [1.29, 1.82) is 5.26 Å². The number of hydrogen-bond donors (Lipinski definition) is 0. The van der Waals surface area contributed by atoms with Gasteiger partial charge in [-0.1, -0.05) is 15.9 Å². The van der Waals surface area contributed by atoms with Crippen molar-refractivity contribution in [2.45, 2.75) is 18.2 Å². The van der Waals surface area contributed by atoms with Crippen LogP contribution in [0.4, 0.5) is 8.78 Å². The Balaban J connectivity index is 3.36. The Morgan fingerprint density at radius 1 is 1.47 bits per heavy atom. The number of nitriles is 1. The molecule has 0 saturated heterocycles. The topological polar surface area (TPSA) is 36.7 Å². The minimum Gasteiger partial charge on any atom is -0.249 e. The summed E-state index contributed by atoms with van der Waals surface area (Å²) in [7, 11) is 0. The van der Waals surface area contributed by atoms with E-state index < -0.39 is 6.43 Å². The first-order chi connectivity index (χ1) is 7.11. The van der Waals surface area contributed by atoms with E-state index >= 15 is 0 Å². The van der Waals surface area contributed by atoms with E-state index in [4.69, 9.17) is 5.26 Å². The third-order valence-corrected chi connectivity index (χ3v) is 3.15. The number of rotatable bonds is 3.